The highest BCUT2D eigenvalue weighted by molar-refractivity contribution is 7.18. The Labute approximate surface area is 193 Å². The number of amides is 3. The molecule has 10 heteroatoms. The zero-order chi connectivity index (χ0) is 22.7. The van der Waals surface area contributed by atoms with Gasteiger partial charge in [-0.25, -0.2) is 4.79 Å². The van der Waals surface area contributed by atoms with Gasteiger partial charge in [-0.05, 0) is 55.5 Å². The highest BCUT2D eigenvalue weighted by Crippen LogP contribution is 2.24. The maximum atomic E-state index is 12.3. The highest BCUT2D eigenvalue weighted by atomic mass is 35.5. The lowest BCUT2D eigenvalue weighted by Gasteiger charge is -2.15. The van der Waals surface area contributed by atoms with Gasteiger partial charge in [0.05, 0.1) is 22.3 Å². The first-order valence-electron chi connectivity index (χ1n) is 10.0. The van der Waals surface area contributed by atoms with Crippen LogP contribution in [0, 0.1) is 0 Å². The van der Waals surface area contributed by atoms with Crippen LogP contribution in [-0.4, -0.2) is 48.2 Å². The van der Waals surface area contributed by atoms with Crippen molar-refractivity contribution in [3.05, 3.63) is 69.6 Å². The van der Waals surface area contributed by atoms with Gasteiger partial charge in [-0.15, -0.1) is 11.3 Å². The number of nitrogens with zero attached hydrogens (tertiary/aromatic N) is 2. The maximum Gasteiger partial charge on any atom is 0.414 e. The van der Waals surface area contributed by atoms with E-state index in [1.807, 2.05) is 25.3 Å². The molecule has 8 nitrogen and oxygen atoms in total. The molecule has 2 aromatic heterocycles. The van der Waals surface area contributed by atoms with Gasteiger partial charge in [0.1, 0.15) is 11.8 Å². The summed E-state index contributed by atoms with van der Waals surface area (Å²) in [4.78, 5) is 38.8. The third kappa shape index (κ3) is 4.63. The largest absolute Gasteiger partial charge is 0.442 e. The van der Waals surface area contributed by atoms with E-state index in [-0.39, 0.29) is 18.4 Å². The molecule has 1 atom stereocenters. The summed E-state index contributed by atoms with van der Waals surface area (Å²) in [5.41, 5.74) is 2.00. The molecule has 1 aliphatic rings. The molecule has 0 radical (unpaired) electrons. The zero-order valence-corrected chi connectivity index (χ0v) is 18.8. The lowest BCUT2D eigenvalue weighted by atomic mass is 10.2. The number of thiophene rings is 1. The zero-order valence-electron chi connectivity index (χ0n) is 17.2. The van der Waals surface area contributed by atoms with Gasteiger partial charge < -0.3 is 19.9 Å². The van der Waals surface area contributed by atoms with Crippen LogP contribution in [0.25, 0.3) is 5.69 Å². The first-order chi connectivity index (χ1) is 15.5. The van der Waals surface area contributed by atoms with Crippen LogP contribution >= 0.6 is 22.9 Å². The van der Waals surface area contributed by atoms with E-state index in [2.05, 4.69) is 10.6 Å². The number of cyclic esters (lactones) is 1. The summed E-state index contributed by atoms with van der Waals surface area (Å²) < 4.78 is 7.71. The van der Waals surface area contributed by atoms with E-state index in [4.69, 9.17) is 16.3 Å². The summed E-state index contributed by atoms with van der Waals surface area (Å²) in [6.07, 6.45) is 0.874. The van der Waals surface area contributed by atoms with Crippen LogP contribution in [0.4, 0.5) is 10.5 Å². The number of carbonyl (C=O) groups excluding carboxylic acids is 3. The van der Waals surface area contributed by atoms with Crippen LogP contribution in [0.2, 0.25) is 4.34 Å². The normalized spacial score (nSPS) is 15.5. The molecule has 1 aromatic carbocycles. The number of hydrogen-bond donors (Lipinski definition) is 2. The SMILES string of the molecule is CCNC(=O)c1cccn1-c1ccc(N2C[C@H](CNC(=O)c3ccc(Cl)s3)OC2=O)cc1. The van der Waals surface area contributed by atoms with Crippen LogP contribution < -0.4 is 15.5 Å². The Morgan fingerprint density at radius 3 is 2.53 bits per heavy atom. The Balaban J connectivity index is 1.39. The summed E-state index contributed by atoms with van der Waals surface area (Å²) >= 11 is 7.05. The second-order valence-corrected chi connectivity index (χ2v) is 8.78. The van der Waals surface area contributed by atoms with Gasteiger partial charge in [-0.2, -0.15) is 0 Å². The van der Waals surface area contributed by atoms with E-state index in [1.165, 1.54) is 16.2 Å². The summed E-state index contributed by atoms with van der Waals surface area (Å²) in [6.45, 7) is 2.93. The molecule has 0 spiro atoms. The van der Waals surface area contributed by atoms with Crippen molar-refractivity contribution in [1.82, 2.24) is 15.2 Å². The Kier molecular flexibility index (Phi) is 6.48. The molecule has 0 bridgehead atoms. The van der Waals surface area contributed by atoms with Gasteiger partial charge in [0.15, 0.2) is 0 Å². The molecule has 0 unspecified atom stereocenters. The smallest absolute Gasteiger partial charge is 0.414 e. The molecule has 2 N–H and O–H groups in total. The van der Waals surface area contributed by atoms with E-state index in [1.54, 1.807) is 41.0 Å². The fraction of sp³-hybridized carbons (Fsp3) is 0.227. The maximum absolute atomic E-state index is 12.3. The number of hydrogen-bond acceptors (Lipinski definition) is 5. The van der Waals surface area contributed by atoms with Gasteiger partial charge in [0, 0.05) is 24.1 Å². The number of halogens is 1. The summed E-state index contributed by atoms with van der Waals surface area (Å²) in [5.74, 6) is -0.408. The number of nitrogens with one attached hydrogen (secondary N) is 2. The Bertz CT molecular complexity index is 1140. The third-order valence-electron chi connectivity index (χ3n) is 4.92. The molecule has 3 amide bonds. The first kappa shape index (κ1) is 21.9. The molecule has 0 aliphatic carbocycles. The van der Waals surface area contributed by atoms with Gasteiger partial charge >= 0.3 is 6.09 Å². The lowest BCUT2D eigenvalue weighted by molar-refractivity contribution is 0.0919. The lowest BCUT2D eigenvalue weighted by Crippen LogP contribution is -2.34. The molecular formula is C22H21ClN4O4S. The van der Waals surface area contributed by atoms with Crippen molar-refractivity contribution in [2.24, 2.45) is 0 Å². The van der Waals surface area contributed by atoms with E-state index in [0.717, 1.165) is 5.69 Å². The van der Waals surface area contributed by atoms with Gasteiger partial charge in [-0.1, -0.05) is 11.6 Å². The minimum absolute atomic E-state index is 0.153. The molecule has 1 aliphatic heterocycles. The number of carbonyl (C=O) groups is 3. The average Bonchev–Trinajstić information content (AvgIpc) is 3.52. The van der Waals surface area contributed by atoms with Crippen LogP contribution in [0.1, 0.15) is 27.1 Å². The minimum Gasteiger partial charge on any atom is -0.442 e. The van der Waals surface area contributed by atoms with Crippen molar-refractivity contribution in [3.8, 4) is 5.69 Å². The summed E-state index contributed by atoms with van der Waals surface area (Å²) in [7, 11) is 0. The van der Waals surface area contributed by atoms with E-state index in [0.29, 0.717) is 33.7 Å². The third-order valence-corrected chi connectivity index (χ3v) is 6.15. The Hall–Kier alpha value is -3.30. The molecule has 3 heterocycles. The second kappa shape index (κ2) is 9.46. The average molecular weight is 473 g/mol. The van der Waals surface area contributed by atoms with E-state index < -0.39 is 12.2 Å². The number of anilines is 1. The summed E-state index contributed by atoms with van der Waals surface area (Å²) in [6, 6.07) is 14.1. The highest BCUT2D eigenvalue weighted by Gasteiger charge is 2.32. The standard InChI is InChI=1S/C22H21ClN4O4S/c1-2-24-20(28)17-4-3-11-26(17)14-5-7-15(8-6-14)27-13-16(31-22(27)30)12-25-21(29)18-9-10-19(23)32-18/h3-11,16H,2,12-13H2,1H3,(H,24,28)(H,25,29)/t16-/m0/s1. The molecule has 1 saturated heterocycles. The predicted octanol–water partition coefficient (Wildman–Crippen LogP) is 3.70. The van der Waals surface area contributed by atoms with Crippen LogP contribution in [-0.2, 0) is 4.74 Å². The van der Waals surface area contributed by atoms with Crippen LogP contribution in [0.15, 0.2) is 54.7 Å². The predicted molar refractivity (Wildman–Crippen MR) is 123 cm³/mol. The van der Waals surface area contributed by atoms with Crippen LogP contribution in [0.5, 0.6) is 0 Å². The minimum atomic E-state index is -0.472. The Morgan fingerprint density at radius 1 is 1.09 bits per heavy atom. The number of ether oxygens (including phenoxy) is 1. The van der Waals surface area contributed by atoms with Crippen molar-refractivity contribution >= 4 is 46.5 Å². The van der Waals surface area contributed by atoms with E-state index in [9.17, 15) is 14.4 Å². The summed E-state index contributed by atoms with van der Waals surface area (Å²) in [5, 5.41) is 5.56. The Morgan fingerprint density at radius 2 is 1.84 bits per heavy atom. The van der Waals surface area contributed by atoms with Crippen molar-refractivity contribution in [2.45, 2.75) is 13.0 Å². The molecule has 32 heavy (non-hydrogen) atoms. The molecule has 4 rings (SSSR count). The van der Waals surface area contributed by atoms with Gasteiger partial charge in [0.2, 0.25) is 0 Å². The molecule has 3 aromatic rings. The van der Waals surface area contributed by atoms with Crippen molar-refractivity contribution in [2.75, 3.05) is 24.5 Å². The van der Waals surface area contributed by atoms with Gasteiger partial charge in [0.25, 0.3) is 11.8 Å². The number of aromatic nitrogens is 1. The topological polar surface area (TPSA) is 92.7 Å². The van der Waals surface area contributed by atoms with Crippen molar-refractivity contribution in [3.63, 3.8) is 0 Å². The van der Waals surface area contributed by atoms with E-state index >= 15 is 0 Å². The number of rotatable bonds is 7. The van der Waals surface area contributed by atoms with Gasteiger partial charge in [-0.3, -0.25) is 14.5 Å². The fourth-order valence-electron chi connectivity index (χ4n) is 3.40. The molecule has 166 valence electrons. The number of benzene rings is 1. The second-order valence-electron chi connectivity index (χ2n) is 7.07. The fourth-order valence-corrected chi connectivity index (χ4v) is 4.36. The molecule has 0 saturated carbocycles. The molecule has 1 fully saturated rings. The quantitative estimate of drug-likeness (QED) is 0.548. The first-order valence-corrected chi connectivity index (χ1v) is 11.2. The monoisotopic (exact) mass is 472 g/mol. The van der Waals surface area contributed by atoms with Crippen LogP contribution in [0.3, 0.4) is 0 Å². The van der Waals surface area contributed by atoms with Crippen molar-refractivity contribution in [1.29, 1.82) is 0 Å². The molecular weight excluding hydrogens is 452 g/mol. The van der Waals surface area contributed by atoms with Crippen molar-refractivity contribution < 1.29 is 19.1 Å².